The molecule has 0 bridgehead atoms. The lowest BCUT2D eigenvalue weighted by atomic mass is 10.2. The van der Waals surface area contributed by atoms with Gasteiger partial charge in [0.15, 0.2) is 11.0 Å². The summed E-state index contributed by atoms with van der Waals surface area (Å²) in [5.41, 5.74) is 0.727. The highest BCUT2D eigenvalue weighted by molar-refractivity contribution is 7.99. The van der Waals surface area contributed by atoms with Crippen molar-refractivity contribution < 1.29 is 18.7 Å². The number of nitrogens with zero attached hydrogens (tertiary/aromatic N) is 3. The molecule has 2 rings (SSSR count). The fourth-order valence-corrected chi connectivity index (χ4v) is 3.02. The molecular formula is C18H21FN4O3S. The van der Waals surface area contributed by atoms with Crippen molar-refractivity contribution in [1.29, 1.82) is 0 Å². The lowest BCUT2D eigenvalue weighted by Gasteiger charge is -2.08. The van der Waals surface area contributed by atoms with Crippen molar-refractivity contribution in [1.82, 2.24) is 20.1 Å². The molecule has 0 aliphatic rings. The fraction of sp³-hybridized carbons (Fsp3) is 0.333. The third kappa shape index (κ3) is 6.21. The second kappa shape index (κ2) is 10.5. The van der Waals surface area contributed by atoms with Gasteiger partial charge in [0.25, 0.3) is 0 Å². The molecule has 9 heteroatoms. The summed E-state index contributed by atoms with van der Waals surface area (Å²) in [5, 5.41) is 11.6. The standard InChI is InChI=1S/C18H21FN4O3S/c1-3-11-23-17(13-6-8-14(19)9-7-13)21-22-18(23)27-12-15(24)20-10-4-5-16(25)26-2/h3,6-9H,1,4-5,10-12H2,2H3,(H,20,24). The number of allylic oxidation sites excluding steroid dienone is 1. The van der Waals surface area contributed by atoms with E-state index in [-0.39, 0.29) is 29.9 Å². The Morgan fingerprint density at radius 1 is 1.33 bits per heavy atom. The van der Waals surface area contributed by atoms with E-state index in [0.717, 1.165) is 5.56 Å². The maximum Gasteiger partial charge on any atom is 0.305 e. The Bertz CT molecular complexity index is 792. The van der Waals surface area contributed by atoms with Crippen LogP contribution in [0.5, 0.6) is 0 Å². The Labute approximate surface area is 161 Å². The van der Waals surface area contributed by atoms with Gasteiger partial charge in [-0.2, -0.15) is 0 Å². The number of rotatable bonds is 10. The number of hydrogen-bond donors (Lipinski definition) is 1. The molecule has 0 aliphatic carbocycles. The van der Waals surface area contributed by atoms with Crippen LogP contribution in [0.3, 0.4) is 0 Å². The summed E-state index contributed by atoms with van der Waals surface area (Å²) < 4.78 is 19.5. The molecule has 0 spiro atoms. The van der Waals surface area contributed by atoms with Gasteiger partial charge >= 0.3 is 5.97 Å². The average Bonchev–Trinajstić information content (AvgIpc) is 3.07. The number of amides is 1. The first-order valence-corrected chi connectivity index (χ1v) is 9.30. The smallest absolute Gasteiger partial charge is 0.305 e. The van der Waals surface area contributed by atoms with Crippen molar-refractivity contribution in [2.24, 2.45) is 0 Å². The van der Waals surface area contributed by atoms with Crippen LogP contribution in [0.4, 0.5) is 4.39 Å². The van der Waals surface area contributed by atoms with Crippen LogP contribution in [0, 0.1) is 5.82 Å². The molecule has 0 saturated heterocycles. The van der Waals surface area contributed by atoms with Crippen LogP contribution in [-0.4, -0.2) is 46.0 Å². The Morgan fingerprint density at radius 2 is 2.07 bits per heavy atom. The molecule has 144 valence electrons. The fourth-order valence-electron chi connectivity index (χ4n) is 2.25. The largest absolute Gasteiger partial charge is 0.469 e. The van der Waals surface area contributed by atoms with Gasteiger partial charge in [0.2, 0.25) is 5.91 Å². The SMILES string of the molecule is C=CCn1c(SCC(=O)NCCCC(=O)OC)nnc1-c1ccc(F)cc1. The third-order valence-electron chi connectivity index (χ3n) is 3.57. The quantitative estimate of drug-likeness (QED) is 0.289. The summed E-state index contributed by atoms with van der Waals surface area (Å²) in [6.45, 7) is 4.59. The van der Waals surface area contributed by atoms with E-state index in [1.165, 1.54) is 31.0 Å². The minimum atomic E-state index is -0.327. The van der Waals surface area contributed by atoms with E-state index in [9.17, 15) is 14.0 Å². The predicted octanol–water partition coefficient (Wildman–Crippen LogP) is 2.43. The molecule has 1 heterocycles. The van der Waals surface area contributed by atoms with Crippen LogP contribution in [0.15, 0.2) is 42.1 Å². The Balaban J connectivity index is 1.94. The number of thioether (sulfide) groups is 1. The van der Waals surface area contributed by atoms with Gasteiger partial charge in [-0.25, -0.2) is 4.39 Å². The van der Waals surface area contributed by atoms with Gasteiger partial charge in [-0.1, -0.05) is 17.8 Å². The molecule has 1 aromatic carbocycles. The van der Waals surface area contributed by atoms with Gasteiger partial charge in [-0.15, -0.1) is 16.8 Å². The molecule has 7 nitrogen and oxygen atoms in total. The van der Waals surface area contributed by atoms with Crippen molar-refractivity contribution in [2.75, 3.05) is 19.4 Å². The molecule has 2 aromatic rings. The maximum atomic E-state index is 13.1. The second-order valence-corrected chi connectivity index (χ2v) is 6.47. The number of benzene rings is 1. The molecule has 0 atom stereocenters. The van der Waals surface area contributed by atoms with Crippen molar-refractivity contribution in [3.63, 3.8) is 0 Å². The van der Waals surface area contributed by atoms with Crippen molar-refractivity contribution in [3.8, 4) is 11.4 Å². The summed E-state index contributed by atoms with van der Waals surface area (Å²) in [7, 11) is 1.33. The van der Waals surface area contributed by atoms with E-state index in [2.05, 4.69) is 26.8 Å². The van der Waals surface area contributed by atoms with E-state index in [1.807, 2.05) is 4.57 Å². The summed E-state index contributed by atoms with van der Waals surface area (Å²) in [4.78, 5) is 23.0. The summed E-state index contributed by atoms with van der Waals surface area (Å²) >= 11 is 1.25. The Hall–Kier alpha value is -2.68. The molecule has 27 heavy (non-hydrogen) atoms. The third-order valence-corrected chi connectivity index (χ3v) is 4.54. The zero-order valence-corrected chi connectivity index (χ0v) is 15.8. The van der Waals surface area contributed by atoms with E-state index in [4.69, 9.17) is 0 Å². The van der Waals surface area contributed by atoms with Crippen LogP contribution >= 0.6 is 11.8 Å². The maximum absolute atomic E-state index is 13.1. The number of methoxy groups -OCH3 is 1. The van der Waals surface area contributed by atoms with Gasteiger partial charge < -0.3 is 10.1 Å². The highest BCUT2D eigenvalue weighted by atomic mass is 32.2. The molecule has 0 radical (unpaired) electrons. The highest BCUT2D eigenvalue weighted by Crippen LogP contribution is 2.24. The number of hydrogen-bond acceptors (Lipinski definition) is 6. The summed E-state index contributed by atoms with van der Waals surface area (Å²) in [6.07, 6.45) is 2.48. The number of halogens is 1. The zero-order valence-electron chi connectivity index (χ0n) is 15.0. The lowest BCUT2D eigenvalue weighted by Crippen LogP contribution is -2.26. The number of ether oxygens (including phenoxy) is 1. The minimum absolute atomic E-state index is 0.164. The van der Waals surface area contributed by atoms with Gasteiger partial charge in [0, 0.05) is 25.1 Å². The minimum Gasteiger partial charge on any atom is -0.469 e. The van der Waals surface area contributed by atoms with Crippen LogP contribution in [-0.2, 0) is 20.9 Å². The molecule has 0 unspecified atom stereocenters. The van der Waals surface area contributed by atoms with Crippen LogP contribution < -0.4 is 5.32 Å². The molecule has 0 fully saturated rings. The zero-order chi connectivity index (χ0) is 19.6. The Morgan fingerprint density at radius 3 is 2.74 bits per heavy atom. The van der Waals surface area contributed by atoms with E-state index < -0.39 is 0 Å². The highest BCUT2D eigenvalue weighted by Gasteiger charge is 2.15. The van der Waals surface area contributed by atoms with Gasteiger partial charge in [-0.05, 0) is 30.7 Å². The van der Waals surface area contributed by atoms with Crippen molar-refractivity contribution >= 4 is 23.6 Å². The monoisotopic (exact) mass is 392 g/mol. The van der Waals surface area contributed by atoms with E-state index in [1.54, 1.807) is 18.2 Å². The topological polar surface area (TPSA) is 86.1 Å². The van der Waals surface area contributed by atoms with Crippen molar-refractivity contribution in [3.05, 3.63) is 42.7 Å². The lowest BCUT2D eigenvalue weighted by molar-refractivity contribution is -0.140. The number of aromatic nitrogens is 3. The average molecular weight is 392 g/mol. The number of carbonyl (C=O) groups excluding carboxylic acids is 2. The summed E-state index contributed by atoms with van der Waals surface area (Å²) in [6, 6.07) is 5.97. The molecule has 1 amide bonds. The van der Waals surface area contributed by atoms with E-state index >= 15 is 0 Å². The van der Waals surface area contributed by atoms with Crippen LogP contribution in [0.25, 0.3) is 11.4 Å². The Kier molecular flexibility index (Phi) is 8.00. The van der Waals surface area contributed by atoms with E-state index in [0.29, 0.717) is 30.5 Å². The van der Waals surface area contributed by atoms with Crippen molar-refractivity contribution in [2.45, 2.75) is 24.5 Å². The van der Waals surface area contributed by atoms with Crippen LogP contribution in [0.1, 0.15) is 12.8 Å². The number of carbonyl (C=O) groups is 2. The number of esters is 1. The molecule has 0 aliphatic heterocycles. The number of nitrogens with one attached hydrogen (secondary N) is 1. The normalized spacial score (nSPS) is 10.4. The first kappa shape index (κ1) is 20.6. The summed E-state index contributed by atoms with van der Waals surface area (Å²) in [5.74, 6) is -0.0505. The van der Waals surface area contributed by atoms with Gasteiger partial charge in [0.1, 0.15) is 5.82 Å². The van der Waals surface area contributed by atoms with Gasteiger partial charge in [0.05, 0.1) is 12.9 Å². The molecular weight excluding hydrogens is 371 g/mol. The van der Waals surface area contributed by atoms with Crippen LogP contribution in [0.2, 0.25) is 0 Å². The predicted molar refractivity (Wildman–Crippen MR) is 101 cm³/mol. The molecule has 1 N–H and O–H groups in total. The second-order valence-electron chi connectivity index (χ2n) is 5.53. The first-order valence-electron chi connectivity index (χ1n) is 8.31. The first-order chi connectivity index (χ1) is 13.0. The van der Waals surface area contributed by atoms with Gasteiger partial charge in [-0.3, -0.25) is 14.2 Å². The molecule has 0 saturated carbocycles. The molecule has 1 aromatic heterocycles.